The van der Waals surface area contributed by atoms with Crippen molar-refractivity contribution >= 4 is 27.5 Å². The molecule has 9 heteroatoms. The highest BCUT2D eigenvalue weighted by molar-refractivity contribution is 6.03. The van der Waals surface area contributed by atoms with Crippen molar-refractivity contribution in [3.63, 3.8) is 0 Å². The number of benzene rings is 2. The molecule has 7 nitrogen and oxygen atoms in total. The molecule has 2 unspecified atom stereocenters. The van der Waals surface area contributed by atoms with E-state index in [1.165, 1.54) is 37.1 Å². The number of nitrogens with zero attached hydrogens (tertiary/aromatic N) is 5. The maximum Gasteiger partial charge on any atom is 0.319 e. The topological polar surface area (TPSA) is 74.6 Å². The Hall–Kier alpha value is -4.03. The van der Waals surface area contributed by atoms with E-state index in [4.69, 9.17) is 16.1 Å². The lowest BCUT2D eigenvalue weighted by Crippen LogP contribution is -2.50. The van der Waals surface area contributed by atoms with Crippen LogP contribution in [0, 0.1) is 41.2 Å². The van der Waals surface area contributed by atoms with Crippen molar-refractivity contribution in [2.45, 2.75) is 51.0 Å². The lowest BCUT2D eigenvalue weighted by atomic mass is 9.76. The van der Waals surface area contributed by atoms with Crippen molar-refractivity contribution in [1.29, 1.82) is 0 Å². The van der Waals surface area contributed by atoms with Crippen LogP contribution in [0.2, 0.25) is 0 Å². The molecule has 2 aliphatic heterocycles. The minimum absolute atomic E-state index is 0.0127. The molecule has 0 amide bonds. The predicted molar refractivity (Wildman–Crippen MR) is 166 cm³/mol. The van der Waals surface area contributed by atoms with Crippen molar-refractivity contribution < 1.29 is 18.6 Å². The van der Waals surface area contributed by atoms with Crippen LogP contribution in [0.15, 0.2) is 30.5 Å². The van der Waals surface area contributed by atoms with Gasteiger partial charge < -0.3 is 19.6 Å². The number of anilines is 1. The quantitative estimate of drug-likeness (QED) is 0.272. The summed E-state index contributed by atoms with van der Waals surface area (Å²) in [6, 6.07) is 6.23. The minimum atomic E-state index is -0.689. The summed E-state index contributed by atoms with van der Waals surface area (Å²) in [5, 5.41) is 11.8. The molecule has 1 N–H and O–H groups in total. The van der Waals surface area contributed by atoms with Crippen molar-refractivity contribution in [1.82, 2.24) is 19.9 Å². The molecule has 4 fully saturated rings. The van der Waals surface area contributed by atoms with E-state index in [-0.39, 0.29) is 39.5 Å². The third-order valence-corrected chi connectivity index (χ3v) is 10.8. The highest BCUT2D eigenvalue weighted by Gasteiger charge is 2.47. The van der Waals surface area contributed by atoms with Gasteiger partial charge in [-0.1, -0.05) is 18.4 Å². The average molecular weight is 596 g/mol. The number of hydrogen-bond donors (Lipinski definition) is 1. The van der Waals surface area contributed by atoms with Gasteiger partial charge in [0.25, 0.3) is 0 Å². The molecule has 2 saturated carbocycles. The van der Waals surface area contributed by atoms with Crippen LogP contribution in [0.5, 0.6) is 11.8 Å². The summed E-state index contributed by atoms with van der Waals surface area (Å²) >= 11 is 0. The van der Waals surface area contributed by atoms with Gasteiger partial charge in [-0.3, -0.25) is 4.98 Å². The molecule has 4 atom stereocenters. The monoisotopic (exact) mass is 595 g/mol. The molecule has 2 aromatic heterocycles. The number of phenolic OH excluding ortho intramolecular Hbond substituents is 1. The van der Waals surface area contributed by atoms with Crippen LogP contribution in [-0.4, -0.2) is 64.3 Å². The first-order chi connectivity index (χ1) is 21.3. The fraction of sp³-hybridized carbons (Fsp3) is 0.457. The Balaban J connectivity index is 1.26. The zero-order valence-electron chi connectivity index (χ0n) is 24.8. The first kappa shape index (κ1) is 27.5. The summed E-state index contributed by atoms with van der Waals surface area (Å²) in [6.45, 7) is 3.27. The molecule has 8 rings (SSSR count). The van der Waals surface area contributed by atoms with Gasteiger partial charge in [0.15, 0.2) is 5.82 Å². The van der Waals surface area contributed by atoms with E-state index in [1.807, 2.05) is 0 Å². The molecule has 226 valence electrons. The third kappa shape index (κ3) is 4.37. The molecule has 4 aliphatic rings. The van der Waals surface area contributed by atoms with Crippen LogP contribution in [-0.2, 0) is 0 Å². The Morgan fingerprint density at radius 3 is 2.82 bits per heavy atom. The summed E-state index contributed by atoms with van der Waals surface area (Å²) < 4.78 is 38.0. The molecule has 44 heavy (non-hydrogen) atoms. The second-order valence-electron chi connectivity index (χ2n) is 13.3. The van der Waals surface area contributed by atoms with Crippen LogP contribution in [0.1, 0.15) is 50.5 Å². The number of aromatic nitrogens is 3. The first-order valence-corrected chi connectivity index (χ1v) is 15.7. The normalized spacial score (nSPS) is 26.4. The first-order valence-electron chi connectivity index (χ1n) is 15.7. The summed E-state index contributed by atoms with van der Waals surface area (Å²) in [4.78, 5) is 18.7. The van der Waals surface area contributed by atoms with Gasteiger partial charge in [0, 0.05) is 41.7 Å². The average Bonchev–Trinajstić information content (AvgIpc) is 3.67. The SMILES string of the molecule is C#Cc1c(F)ccc2cc(O)cc(-c3ncc4c(N5CCC6CC6C5)nc(OC[C@]56CCC[C@H]5N(C)CCC6)nc4c3F)c12. The van der Waals surface area contributed by atoms with Gasteiger partial charge in [-0.2, -0.15) is 9.97 Å². The second-order valence-corrected chi connectivity index (χ2v) is 13.3. The summed E-state index contributed by atoms with van der Waals surface area (Å²) in [6.07, 6.45) is 15.2. The van der Waals surface area contributed by atoms with Gasteiger partial charge in [0.2, 0.25) is 0 Å². The predicted octanol–water partition coefficient (Wildman–Crippen LogP) is 6.30. The molecule has 2 aliphatic carbocycles. The molecule has 2 saturated heterocycles. The number of ether oxygens (including phenoxy) is 1. The van der Waals surface area contributed by atoms with E-state index in [0.29, 0.717) is 40.5 Å². The van der Waals surface area contributed by atoms with Crippen molar-refractivity contribution in [3.05, 3.63) is 47.7 Å². The molecule has 0 radical (unpaired) electrons. The number of halogens is 2. The molecule has 4 aromatic rings. The van der Waals surface area contributed by atoms with E-state index in [2.05, 4.69) is 32.7 Å². The number of likely N-dealkylation sites (tertiary alicyclic amines) is 1. The van der Waals surface area contributed by atoms with E-state index >= 15 is 4.39 Å². The number of pyridine rings is 1. The Bertz CT molecular complexity index is 1860. The molecule has 2 aromatic carbocycles. The fourth-order valence-corrected chi connectivity index (χ4v) is 8.43. The third-order valence-electron chi connectivity index (χ3n) is 10.8. The summed E-state index contributed by atoms with van der Waals surface area (Å²) in [7, 11) is 2.20. The van der Waals surface area contributed by atoms with Crippen LogP contribution in [0.3, 0.4) is 0 Å². The van der Waals surface area contributed by atoms with E-state index in [9.17, 15) is 9.50 Å². The van der Waals surface area contributed by atoms with Gasteiger partial charge >= 0.3 is 6.01 Å². The Kier molecular flexibility index (Phi) is 6.42. The minimum Gasteiger partial charge on any atom is -0.508 e. The highest BCUT2D eigenvalue weighted by atomic mass is 19.1. The van der Waals surface area contributed by atoms with E-state index in [0.717, 1.165) is 57.7 Å². The van der Waals surface area contributed by atoms with Crippen molar-refractivity contribution in [3.8, 4) is 35.4 Å². The van der Waals surface area contributed by atoms with Crippen LogP contribution in [0.4, 0.5) is 14.6 Å². The summed E-state index contributed by atoms with van der Waals surface area (Å²) in [5.74, 6) is 3.03. The number of aromatic hydroxyl groups is 1. The molecule has 0 spiro atoms. The molecular weight excluding hydrogens is 560 g/mol. The molecule has 0 bridgehead atoms. The van der Waals surface area contributed by atoms with Gasteiger partial charge in [-0.05, 0) is 87.5 Å². The Labute approximate surface area is 255 Å². The van der Waals surface area contributed by atoms with E-state index in [1.54, 1.807) is 6.20 Å². The van der Waals surface area contributed by atoms with Crippen LogP contribution in [0.25, 0.3) is 32.9 Å². The maximum absolute atomic E-state index is 16.8. The fourth-order valence-electron chi connectivity index (χ4n) is 8.43. The van der Waals surface area contributed by atoms with Crippen LogP contribution >= 0.6 is 0 Å². The number of piperidine rings is 2. The second kappa shape index (κ2) is 10.3. The Morgan fingerprint density at radius 1 is 1.11 bits per heavy atom. The van der Waals surface area contributed by atoms with Crippen molar-refractivity contribution in [2.24, 2.45) is 17.3 Å². The smallest absolute Gasteiger partial charge is 0.319 e. The number of phenols is 1. The lowest BCUT2D eigenvalue weighted by molar-refractivity contribution is 0.0133. The Morgan fingerprint density at radius 2 is 1.98 bits per heavy atom. The van der Waals surface area contributed by atoms with Gasteiger partial charge in [-0.25, -0.2) is 8.78 Å². The largest absolute Gasteiger partial charge is 0.508 e. The summed E-state index contributed by atoms with van der Waals surface area (Å²) in [5.41, 5.74) is 0.243. The zero-order valence-corrected chi connectivity index (χ0v) is 24.8. The number of fused-ring (bicyclic) bond motifs is 4. The number of rotatable bonds is 5. The maximum atomic E-state index is 16.8. The van der Waals surface area contributed by atoms with Crippen molar-refractivity contribution in [2.75, 3.05) is 38.2 Å². The molecular formula is C35H35F2N5O2. The van der Waals surface area contributed by atoms with E-state index < -0.39 is 11.6 Å². The lowest BCUT2D eigenvalue weighted by Gasteiger charge is -2.44. The zero-order chi connectivity index (χ0) is 30.2. The van der Waals surface area contributed by atoms with Crippen LogP contribution < -0.4 is 9.64 Å². The van der Waals surface area contributed by atoms with Gasteiger partial charge in [0.05, 0.1) is 17.6 Å². The highest BCUT2D eigenvalue weighted by Crippen LogP contribution is 2.49. The van der Waals surface area contributed by atoms with Gasteiger partial charge in [0.1, 0.15) is 28.6 Å². The van der Waals surface area contributed by atoms with Gasteiger partial charge in [-0.15, -0.1) is 6.42 Å². The number of hydrogen-bond acceptors (Lipinski definition) is 7. The molecule has 4 heterocycles. The standard InChI is InChI=1S/C35H35F2N5O2/c1-3-24-27(36)8-7-21-15-23(43)16-25(29(21)24)31-30(37)32-26(17-38-31)33(42-13-9-20-14-22(20)18-42)40-34(39-32)44-19-35-10-4-6-28(35)41(2)12-5-11-35/h1,7-8,15-17,20,22,28,43H,4-6,9-14,18-19H2,2H3/t20?,22?,28-,35-/m1/s1. The number of terminal acetylenes is 1.